The number of hydrogen-bond acceptors (Lipinski definition) is 6. The predicted octanol–water partition coefficient (Wildman–Crippen LogP) is -1.67. The van der Waals surface area contributed by atoms with E-state index in [-0.39, 0.29) is 6.17 Å². The molecule has 0 bridgehead atoms. The molecule has 0 aromatic heterocycles. The fourth-order valence-electron chi connectivity index (χ4n) is 0.687. The fourth-order valence-corrected chi connectivity index (χ4v) is 0.687. The maximum atomic E-state index is 6.76. The van der Waals surface area contributed by atoms with Crippen molar-refractivity contribution in [2.75, 3.05) is 6.54 Å². The second-order valence-corrected chi connectivity index (χ2v) is 2.32. The lowest BCUT2D eigenvalue weighted by Gasteiger charge is -2.13. The van der Waals surface area contributed by atoms with Crippen molar-refractivity contribution in [2.45, 2.75) is 6.17 Å². The Morgan fingerprint density at radius 2 is 2.23 bits per heavy atom. The SMILES string of the molecule is N=CC=C(N)CNC(/C=C/N)NN. The normalized spacial score (nSPS) is 14.7. The Balaban J connectivity index is 3.84. The monoisotopic (exact) mass is 184 g/mol. The highest BCUT2D eigenvalue weighted by Crippen LogP contribution is 1.82. The van der Waals surface area contributed by atoms with E-state index in [9.17, 15) is 0 Å². The maximum absolute atomic E-state index is 6.76. The third-order valence-corrected chi connectivity index (χ3v) is 1.31. The largest absolute Gasteiger partial charge is 0.405 e. The zero-order valence-corrected chi connectivity index (χ0v) is 7.33. The Kier molecular flexibility index (Phi) is 6.52. The van der Waals surface area contributed by atoms with Gasteiger partial charge >= 0.3 is 0 Å². The third-order valence-electron chi connectivity index (χ3n) is 1.31. The van der Waals surface area contributed by atoms with Crippen molar-refractivity contribution in [3.8, 4) is 0 Å². The lowest BCUT2D eigenvalue weighted by molar-refractivity contribution is 0.524. The molecular weight excluding hydrogens is 168 g/mol. The quantitative estimate of drug-likeness (QED) is 0.127. The summed E-state index contributed by atoms with van der Waals surface area (Å²) in [5.74, 6) is 5.19. The van der Waals surface area contributed by atoms with Crippen molar-refractivity contribution in [2.24, 2.45) is 17.3 Å². The summed E-state index contributed by atoms with van der Waals surface area (Å²) < 4.78 is 0. The molecule has 0 saturated heterocycles. The Hall–Kier alpha value is -1.37. The van der Waals surface area contributed by atoms with Crippen molar-refractivity contribution in [3.63, 3.8) is 0 Å². The lowest BCUT2D eigenvalue weighted by atomic mass is 10.4. The summed E-state index contributed by atoms with van der Waals surface area (Å²) in [7, 11) is 0. The minimum Gasteiger partial charge on any atom is -0.405 e. The van der Waals surface area contributed by atoms with Crippen LogP contribution >= 0.6 is 0 Å². The van der Waals surface area contributed by atoms with Gasteiger partial charge in [0.25, 0.3) is 0 Å². The molecule has 1 unspecified atom stereocenters. The molecule has 1 atom stereocenters. The van der Waals surface area contributed by atoms with Crippen LogP contribution in [0.3, 0.4) is 0 Å². The first-order valence-electron chi connectivity index (χ1n) is 3.77. The van der Waals surface area contributed by atoms with Crippen molar-refractivity contribution >= 4 is 6.21 Å². The maximum Gasteiger partial charge on any atom is 0.0910 e. The van der Waals surface area contributed by atoms with Crippen LogP contribution in [0.4, 0.5) is 0 Å². The van der Waals surface area contributed by atoms with Crippen LogP contribution in [-0.4, -0.2) is 18.9 Å². The molecule has 0 aliphatic rings. The summed E-state index contributed by atoms with van der Waals surface area (Å²) in [6.45, 7) is 0.439. The summed E-state index contributed by atoms with van der Waals surface area (Å²) in [5, 5.41) is 9.72. The Labute approximate surface area is 77.3 Å². The molecule has 0 aliphatic heterocycles. The molecular formula is C7H16N6. The van der Waals surface area contributed by atoms with Gasteiger partial charge < -0.3 is 16.9 Å². The molecule has 0 heterocycles. The molecule has 0 fully saturated rings. The molecule has 9 N–H and O–H groups in total. The minimum atomic E-state index is -0.220. The van der Waals surface area contributed by atoms with Gasteiger partial charge in [-0.2, -0.15) is 0 Å². The van der Waals surface area contributed by atoms with E-state index in [0.29, 0.717) is 12.2 Å². The van der Waals surface area contributed by atoms with E-state index in [0.717, 1.165) is 6.21 Å². The first kappa shape index (κ1) is 11.6. The van der Waals surface area contributed by atoms with Gasteiger partial charge in [-0.25, -0.2) is 5.43 Å². The molecule has 6 heteroatoms. The van der Waals surface area contributed by atoms with Crippen LogP contribution in [0.25, 0.3) is 0 Å². The molecule has 0 rings (SSSR count). The molecule has 0 amide bonds. The molecule has 0 spiro atoms. The minimum absolute atomic E-state index is 0.220. The smallest absolute Gasteiger partial charge is 0.0910 e. The molecule has 0 aromatic carbocycles. The second kappa shape index (κ2) is 7.29. The van der Waals surface area contributed by atoms with Gasteiger partial charge in [0.2, 0.25) is 0 Å². The first-order chi connectivity index (χ1) is 6.24. The number of hydrazine groups is 1. The topological polar surface area (TPSA) is 126 Å². The Morgan fingerprint density at radius 1 is 1.54 bits per heavy atom. The zero-order chi connectivity index (χ0) is 10.1. The molecule has 6 nitrogen and oxygen atoms in total. The van der Waals surface area contributed by atoms with Gasteiger partial charge in [0.15, 0.2) is 0 Å². The summed E-state index contributed by atoms with van der Waals surface area (Å²) in [4.78, 5) is 0. The molecule has 0 radical (unpaired) electrons. The fraction of sp³-hybridized carbons (Fsp3) is 0.286. The van der Waals surface area contributed by atoms with Crippen molar-refractivity contribution in [1.82, 2.24) is 10.7 Å². The highest BCUT2D eigenvalue weighted by molar-refractivity contribution is 5.68. The Bertz CT molecular complexity index is 197. The highest BCUT2D eigenvalue weighted by atomic mass is 15.3. The van der Waals surface area contributed by atoms with Gasteiger partial charge in [0.1, 0.15) is 0 Å². The number of nitrogens with two attached hydrogens (primary N) is 3. The summed E-state index contributed by atoms with van der Waals surface area (Å²) >= 11 is 0. The van der Waals surface area contributed by atoms with E-state index in [1.165, 1.54) is 12.3 Å². The number of allylic oxidation sites excluding steroid dienone is 1. The molecule has 0 aliphatic carbocycles. The summed E-state index contributed by atoms with van der Waals surface area (Å²) in [5.41, 5.74) is 13.7. The van der Waals surface area contributed by atoms with E-state index in [1.807, 2.05) is 0 Å². The zero-order valence-electron chi connectivity index (χ0n) is 7.33. The van der Waals surface area contributed by atoms with Crippen molar-refractivity contribution in [3.05, 3.63) is 24.0 Å². The average Bonchev–Trinajstić information content (AvgIpc) is 2.12. The van der Waals surface area contributed by atoms with Crippen LogP contribution in [0.1, 0.15) is 0 Å². The average molecular weight is 184 g/mol. The summed E-state index contributed by atoms with van der Waals surface area (Å²) in [6.07, 6.45) is 5.43. The van der Waals surface area contributed by atoms with E-state index < -0.39 is 0 Å². The van der Waals surface area contributed by atoms with Crippen LogP contribution in [-0.2, 0) is 0 Å². The third kappa shape index (κ3) is 5.85. The molecule has 0 saturated carbocycles. The van der Waals surface area contributed by atoms with Crippen LogP contribution < -0.4 is 28.1 Å². The van der Waals surface area contributed by atoms with E-state index in [1.54, 1.807) is 6.08 Å². The van der Waals surface area contributed by atoms with Gasteiger partial charge in [-0.3, -0.25) is 11.2 Å². The van der Waals surface area contributed by atoms with Gasteiger partial charge in [-0.15, -0.1) is 0 Å². The van der Waals surface area contributed by atoms with Gasteiger partial charge in [-0.05, 0) is 18.4 Å². The van der Waals surface area contributed by atoms with Gasteiger partial charge in [0.05, 0.1) is 6.17 Å². The summed E-state index contributed by atoms with van der Waals surface area (Å²) in [6, 6.07) is 0. The van der Waals surface area contributed by atoms with E-state index in [2.05, 4.69) is 10.7 Å². The number of hydrogen-bond donors (Lipinski definition) is 6. The van der Waals surface area contributed by atoms with Crippen molar-refractivity contribution < 1.29 is 0 Å². The van der Waals surface area contributed by atoms with Crippen LogP contribution in [0.15, 0.2) is 24.0 Å². The number of nitrogens with one attached hydrogen (secondary N) is 3. The lowest BCUT2D eigenvalue weighted by Crippen LogP contribution is -2.46. The highest BCUT2D eigenvalue weighted by Gasteiger charge is 1.99. The second-order valence-electron chi connectivity index (χ2n) is 2.32. The van der Waals surface area contributed by atoms with Crippen LogP contribution in [0.2, 0.25) is 0 Å². The molecule has 0 aromatic rings. The van der Waals surface area contributed by atoms with E-state index >= 15 is 0 Å². The number of rotatable bonds is 6. The standard InChI is InChI=1S/C7H16N6/c8-3-1-6(10)5-12-7(13-11)2-4-9/h1-4,7-8,12-13H,5,9-11H2/b4-2+,6-1?,8-3?. The van der Waals surface area contributed by atoms with Crippen LogP contribution in [0.5, 0.6) is 0 Å². The van der Waals surface area contributed by atoms with Crippen molar-refractivity contribution in [1.29, 1.82) is 5.41 Å². The Morgan fingerprint density at radius 3 is 2.69 bits per heavy atom. The van der Waals surface area contributed by atoms with Crippen LogP contribution in [0, 0.1) is 5.41 Å². The first-order valence-corrected chi connectivity index (χ1v) is 3.77. The van der Waals surface area contributed by atoms with Gasteiger partial charge in [-0.1, -0.05) is 0 Å². The molecule has 74 valence electrons. The van der Waals surface area contributed by atoms with Gasteiger partial charge in [0, 0.05) is 18.5 Å². The van der Waals surface area contributed by atoms with E-state index in [4.69, 9.17) is 22.7 Å². The predicted molar refractivity (Wildman–Crippen MR) is 53.5 cm³/mol. The molecule has 13 heavy (non-hydrogen) atoms.